The molecule has 4 saturated carbocycles. The summed E-state index contributed by atoms with van der Waals surface area (Å²) in [5.41, 5.74) is 1.62. The maximum Gasteiger partial charge on any atom is 0.277 e. The maximum absolute atomic E-state index is 12.5. The number of nitrogens with zero attached hydrogens (tertiary/aromatic N) is 2. The summed E-state index contributed by atoms with van der Waals surface area (Å²) in [4.78, 5) is 12.5. The molecule has 0 spiro atoms. The van der Waals surface area contributed by atoms with Crippen LogP contribution in [-0.2, 0) is 10.2 Å². The van der Waals surface area contributed by atoms with Crippen LogP contribution in [-0.4, -0.2) is 27.9 Å². The summed E-state index contributed by atoms with van der Waals surface area (Å²) in [5, 5.41) is 12.2. The standard InChI is InChI=1S/C23H33N3O2S/c1-15(20(27)24-8-7-16-5-3-2-4-6-16)29-22-26-25-21(28-22)23-12-17-9-18(13-23)11-19(10-17)14-23/h5,15,17-19H,2-4,6-14H2,1H3,(H,24,27)/t15-,17?,18?,19?,23?/m1/s1. The van der Waals surface area contributed by atoms with Gasteiger partial charge in [-0.2, -0.15) is 0 Å². The van der Waals surface area contributed by atoms with Gasteiger partial charge in [0.2, 0.25) is 11.8 Å². The van der Waals surface area contributed by atoms with Crippen molar-refractivity contribution in [2.24, 2.45) is 17.8 Å². The minimum absolute atomic E-state index is 0.0564. The lowest BCUT2D eigenvalue weighted by atomic mass is 9.49. The first-order valence-electron chi connectivity index (χ1n) is 11.6. The van der Waals surface area contributed by atoms with E-state index < -0.39 is 0 Å². The molecule has 4 fully saturated rings. The normalized spacial score (nSPS) is 34.1. The van der Waals surface area contributed by atoms with E-state index in [0.29, 0.717) is 5.22 Å². The van der Waals surface area contributed by atoms with E-state index in [2.05, 4.69) is 21.6 Å². The number of carbonyl (C=O) groups excluding carboxylic acids is 1. The van der Waals surface area contributed by atoms with Crippen molar-refractivity contribution in [1.29, 1.82) is 0 Å². The Kier molecular flexibility index (Phi) is 5.48. The van der Waals surface area contributed by atoms with Gasteiger partial charge < -0.3 is 9.73 Å². The molecule has 0 unspecified atom stereocenters. The molecule has 1 atom stereocenters. The van der Waals surface area contributed by atoms with Crippen LogP contribution < -0.4 is 5.32 Å². The number of amides is 1. The summed E-state index contributed by atoms with van der Waals surface area (Å²) in [6, 6.07) is 0. The molecule has 0 saturated heterocycles. The molecular formula is C23H33N3O2S. The largest absolute Gasteiger partial charge is 0.415 e. The summed E-state index contributed by atoms with van der Waals surface area (Å²) >= 11 is 1.40. The predicted octanol–water partition coefficient (Wildman–Crippen LogP) is 5.02. The lowest BCUT2D eigenvalue weighted by molar-refractivity contribution is -0.120. The zero-order chi connectivity index (χ0) is 19.8. The Morgan fingerprint density at radius 1 is 1.21 bits per heavy atom. The second kappa shape index (κ2) is 8.09. The Morgan fingerprint density at radius 3 is 2.59 bits per heavy atom. The molecule has 0 aromatic carbocycles. The summed E-state index contributed by atoms with van der Waals surface area (Å²) < 4.78 is 6.14. The molecule has 6 rings (SSSR count). The highest BCUT2D eigenvalue weighted by Gasteiger charge is 2.54. The summed E-state index contributed by atoms with van der Waals surface area (Å²) in [5.74, 6) is 3.46. The molecule has 5 nitrogen and oxygen atoms in total. The van der Waals surface area contributed by atoms with Crippen molar-refractivity contribution in [3.8, 4) is 0 Å². The van der Waals surface area contributed by atoms with E-state index in [1.54, 1.807) is 0 Å². The van der Waals surface area contributed by atoms with Crippen molar-refractivity contribution >= 4 is 17.7 Å². The summed E-state index contributed by atoms with van der Waals surface area (Å²) in [6.45, 7) is 2.65. The summed E-state index contributed by atoms with van der Waals surface area (Å²) in [7, 11) is 0. The van der Waals surface area contributed by atoms with Crippen molar-refractivity contribution < 1.29 is 9.21 Å². The third-order valence-corrected chi connectivity index (χ3v) is 8.61. The quantitative estimate of drug-likeness (QED) is 0.500. The molecule has 4 bridgehead atoms. The van der Waals surface area contributed by atoms with Gasteiger partial charge in [-0.1, -0.05) is 23.4 Å². The fourth-order valence-corrected chi connectivity index (χ4v) is 7.38. The van der Waals surface area contributed by atoms with Crippen LogP contribution >= 0.6 is 11.8 Å². The van der Waals surface area contributed by atoms with Crippen LogP contribution in [0.25, 0.3) is 0 Å². The number of hydrogen-bond donors (Lipinski definition) is 1. The molecule has 158 valence electrons. The lowest BCUT2D eigenvalue weighted by Gasteiger charge is -2.55. The number of hydrogen-bond acceptors (Lipinski definition) is 5. The highest BCUT2D eigenvalue weighted by atomic mass is 32.2. The Bertz CT molecular complexity index is 752. The van der Waals surface area contributed by atoms with Gasteiger partial charge >= 0.3 is 0 Å². The van der Waals surface area contributed by atoms with Crippen LogP contribution in [0.2, 0.25) is 0 Å². The Hall–Kier alpha value is -1.30. The van der Waals surface area contributed by atoms with Gasteiger partial charge in [0.1, 0.15) is 0 Å². The average molecular weight is 416 g/mol. The third kappa shape index (κ3) is 4.14. The first kappa shape index (κ1) is 19.7. The number of nitrogens with one attached hydrogen (secondary N) is 1. The lowest BCUT2D eigenvalue weighted by Crippen LogP contribution is -2.48. The minimum Gasteiger partial charge on any atom is -0.415 e. The Balaban J connectivity index is 1.15. The van der Waals surface area contributed by atoms with Crippen molar-refractivity contribution in [2.75, 3.05) is 6.54 Å². The Morgan fingerprint density at radius 2 is 1.93 bits per heavy atom. The first-order chi connectivity index (χ1) is 14.1. The maximum atomic E-state index is 12.5. The van der Waals surface area contributed by atoms with Crippen molar-refractivity contribution in [1.82, 2.24) is 15.5 Å². The molecule has 1 aromatic heterocycles. The molecule has 1 heterocycles. The van der Waals surface area contributed by atoms with Gasteiger partial charge in [0.25, 0.3) is 5.22 Å². The van der Waals surface area contributed by atoms with E-state index in [1.165, 1.54) is 81.5 Å². The topological polar surface area (TPSA) is 68.0 Å². The van der Waals surface area contributed by atoms with Crippen LogP contribution in [0.5, 0.6) is 0 Å². The average Bonchev–Trinajstić information content (AvgIpc) is 3.17. The van der Waals surface area contributed by atoms with Crippen molar-refractivity contribution in [3.63, 3.8) is 0 Å². The minimum atomic E-state index is -0.222. The van der Waals surface area contributed by atoms with Crippen LogP contribution in [0, 0.1) is 17.8 Å². The molecule has 1 amide bonds. The van der Waals surface area contributed by atoms with E-state index in [0.717, 1.165) is 36.6 Å². The molecular weight excluding hydrogens is 382 g/mol. The molecule has 1 aromatic rings. The summed E-state index contributed by atoms with van der Waals surface area (Å²) in [6.07, 6.45) is 16.2. The molecule has 1 N–H and O–H groups in total. The molecule has 5 aliphatic rings. The zero-order valence-corrected chi connectivity index (χ0v) is 18.3. The van der Waals surface area contributed by atoms with E-state index in [-0.39, 0.29) is 16.6 Å². The monoisotopic (exact) mass is 415 g/mol. The number of thioether (sulfide) groups is 1. The van der Waals surface area contributed by atoms with Crippen molar-refractivity contribution in [3.05, 3.63) is 17.5 Å². The number of aromatic nitrogens is 2. The molecule has 0 radical (unpaired) electrons. The van der Waals surface area contributed by atoms with Crippen LogP contribution in [0.1, 0.15) is 83.4 Å². The van der Waals surface area contributed by atoms with Gasteiger partial charge in [-0.05, 0) is 95.3 Å². The SMILES string of the molecule is C[C@@H](Sc1nnc(C23CC4CC(CC(C4)C2)C3)o1)C(=O)NCCC1=CCCCC1. The molecule has 6 heteroatoms. The zero-order valence-electron chi connectivity index (χ0n) is 17.5. The second-order valence-corrected chi connectivity index (χ2v) is 11.3. The molecule has 29 heavy (non-hydrogen) atoms. The van der Waals surface area contributed by atoms with E-state index in [4.69, 9.17) is 4.42 Å². The third-order valence-electron chi connectivity index (χ3n) is 7.68. The fourth-order valence-electron chi connectivity index (χ4n) is 6.67. The van der Waals surface area contributed by atoms with Crippen LogP contribution in [0.4, 0.5) is 0 Å². The smallest absolute Gasteiger partial charge is 0.277 e. The van der Waals surface area contributed by atoms with Crippen molar-refractivity contribution in [2.45, 2.75) is 93.4 Å². The van der Waals surface area contributed by atoms with Gasteiger partial charge in [-0.3, -0.25) is 4.79 Å². The Labute approximate surface area is 177 Å². The highest BCUT2D eigenvalue weighted by Crippen LogP contribution is 2.60. The highest BCUT2D eigenvalue weighted by molar-refractivity contribution is 8.00. The van der Waals surface area contributed by atoms with Gasteiger partial charge in [-0.15, -0.1) is 10.2 Å². The number of allylic oxidation sites excluding steroid dienone is 1. The van der Waals surface area contributed by atoms with Gasteiger partial charge in [-0.25, -0.2) is 0 Å². The van der Waals surface area contributed by atoms with Crippen LogP contribution in [0.3, 0.4) is 0 Å². The van der Waals surface area contributed by atoms with E-state index in [1.807, 2.05) is 6.92 Å². The van der Waals surface area contributed by atoms with Gasteiger partial charge in [0.15, 0.2) is 0 Å². The van der Waals surface area contributed by atoms with Gasteiger partial charge in [0, 0.05) is 12.0 Å². The number of carbonyl (C=O) groups is 1. The second-order valence-electron chi connectivity index (χ2n) is 9.98. The molecule has 5 aliphatic carbocycles. The molecule has 0 aliphatic heterocycles. The first-order valence-corrected chi connectivity index (χ1v) is 12.4. The van der Waals surface area contributed by atoms with Gasteiger partial charge in [0.05, 0.1) is 5.25 Å². The van der Waals surface area contributed by atoms with Crippen LogP contribution in [0.15, 0.2) is 21.3 Å². The van der Waals surface area contributed by atoms with E-state index >= 15 is 0 Å². The van der Waals surface area contributed by atoms with E-state index in [9.17, 15) is 4.79 Å². The number of rotatable bonds is 7. The predicted molar refractivity (Wildman–Crippen MR) is 114 cm³/mol. The fraction of sp³-hybridized carbons (Fsp3) is 0.783.